The van der Waals surface area contributed by atoms with Crippen molar-refractivity contribution in [3.8, 4) is 5.75 Å². The van der Waals surface area contributed by atoms with Crippen LogP contribution in [0.15, 0.2) is 72.8 Å². The van der Waals surface area contributed by atoms with Crippen LogP contribution in [-0.4, -0.2) is 12.6 Å². The molecule has 0 atom stereocenters. The molecule has 0 heterocycles. The zero-order valence-corrected chi connectivity index (χ0v) is 18.3. The highest BCUT2D eigenvalue weighted by molar-refractivity contribution is 6.30. The van der Waals surface area contributed by atoms with Crippen molar-refractivity contribution >= 4 is 28.7 Å². The van der Waals surface area contributed by atoms with Crippen molar-refractivity contribution in [3.63, 3.8) is 0 Å². The number of ether oxygens (including phenoxy) is 2. The van der Waals surface area contributed by atoms with Crippen LogP contribution in [0.5, 0.6) is 5.75 Å². The molecular weight excluding hydrogens is 408 g/mol. The van der Waals surface area contributed by atoms with Crippen molar-refractivity contribution in [2.75, 3.05) is 6.61 Å². The molecule has 0 bridgehead atoms. The normalized spacial score (nSPS) is 13.4. The van der Waals surface area contributed by atoms with Crippen LogP contribution in [0.3, 0.4) is 0 Å². The number of esters is 1. The molecule has 4 heteroatoms. The lowest BCUT2D eigenvalue weighted by Crippen LogP contribution is -2.04. The summed E-state index contributed by atoms with van der Waals surface area (Å²) < 4.78 is 11.4. The maximum Gasteiger partial charge on any atom is 0.338 e. The smallest absolute Gasteiger partial charge is 0.338 e. The fraction of sp³-hybridized carbons (Fsp3) is 0.222. The molecule has 0 N–H and O–H groups in total. The summed E-state index contributed by atoms with van der Waals surface area (Å²) in [5.41, 5.74) is 6.23. The van der Waals surface area contributed by atoms with Gasteiger partial charge in [0.25, 0.3) is 0 Å². The topological polar surface area (TPSA) is 35.5 Å². The number of hydrogen-bond acceptors (Lipinski definition) is 3. The molecule has 4 rings (SSSR count). The van der Waals surface area contributed by atoms with E-state index in [1.807, 2.05) is 55.5 Å². The summed E-state index contributed by atoms with van der Waals surface area (Å²) >= 11 is 6.37. The number of benzene rings is 3. The van der Waals surface area contributed by atoms with E-state index in [-0.39, 0.29) is 5.97 Å². The number of allylic oxidation sites excluding steroid dienone is 2. The Hall–Kier alpha value is -3.04. The number of halogens is 1. The number of hydrogen-bond donors (Lipinski definition) is 0. The molecule has 0 unspecified atom stereocenters. The second-order valence-corrected chi connectivity index (χ2v) is 7.96. The van der Waals surface area contributed by atoms with E-state index in [4.69, 9.17) is 21.1 Å². The third kappa shape index (κ3) is 5.00. The van der Waals surface area contributed by atoms with Crippen LogP contribution >= 0.6 is 11.6 Å². The molecule has 0 fully saturated rings. The van der Waals surface area contributed by atoms with Gasteiger partial charge in [-0.25, -0.2) is 4.79 Å². The molecule has 3 aromatic carbocycles. The number of rotatable bonds is 7. The summed E-state index contributed by atoms with van der Waals surface area (Å²) in [5.74, 6) is 0.531. The molecule has 158 valence electrons. The highest BCUT2D eigenvalue weighted by Crippen LogP contribution is 2.43. The van der Waals surface area contributed by atoms with E-state index < -0.39 is 0 Å². The van der Waals surface area contributed by atoms with Gasteiger partial charge >= 0.3 is 5.97 Å². The lowest BCUT2D eigenvalue weighted by molar-refractivity contribution is 0.0526. The van der Waals surface area contributed by atoms with Crippen molar-refractivity contribution in [2.45, 2.75) is 32.8 Å². The lowest BCUT2D eigenvalue weighted by Gasteiger charge is -2.15. The maximum atomic E-state index is 12.2. The summed E-state index contributed by atoms with van der Waals surface area (Å²) in [5, 5.41) is 0.682. The Balaban J connectivity index is 1.69. The average Bonchev–Trinajstić information content (AvgIpc) is 3.29. The molecule has 0 saturated carbocycles. The predicted molar refractivity (Wildman–Crippen MR) is 125 cm³/mol. The van der Waals surface area contributed by atoms with Gasteiger partial charge < -0.3 is 9.47 Å². The van der Waals surface area contributed by atoms with E-state index in [0.29, 0.717) is 23.8 Å². The first kappa shape index (κ1) is 21.2. The van der Waals surface area contributed by atoms with E-state index in [1.165, 1.54) is 11.1 Å². The zero-order chi connectivity index (χ0) is 21.6. The summed E-state index contributed by atoms with van der Waals surface area (Å²) in [6.45, 7) is 2.67. The van der Waals surface area contributed by atoms with Crippen LogP contribution in [0.25, 0.3) is 11.1 Å². The monoisotopic (exact) mass is 432 g/mol. The van der Waals surface area contributed by atoms with Crippen molar-refractivity contribution in [1.29, 1.82) is 0 Å². The molecule has 0 amide bonds. The predicted octanol–water partition coefficient (Wildman–Crippen LogP) is 7.19. The summed E-state index contributed by atoms with van der Waals surface area (Å²) in [6, 6.07) is 23.6. The maximum absolute atomic E-state index is 12.2. The Labute approximate surface area is 188 Å². The fourth-order valence-electron chi connectivity index (χ4n) is 4.01. The van der Waals surface area contributed by atoms with Gasteiger partial charge in [0.15, 0.2) is 0 Å². The minimum atomic E-state index is -0.292. The summed E-state index contributed by atoms with van der Waals surface area (Å²) in [6.07, 6.45) is 2.95. The average molecular weight is 433 g/mol. The van der Waals surface area contributed by atoms with Gasteiger partial charge in [0.05, 0.1) is 12.2 Å². The van der Waals surface area contributed by atoms with E-state index in [1.54, 1.807) is 6.07 Å². The highest BCUT2D eigenvalue weighted by atomic mass is 35.5. The van der Waals surface area contributed by atoms with Crippen molar-refractivity contribution in [2.24, 2.45) is 0 Å². The van der Waals surface area contributed by atoms with Crippen LogP contribution in [-0.2, 0) is 11.3 Å². The van der Waals surface area contributed by atoms with Gasteiger partial charge in [0.2, 0.25) is 0 Å². The minimum Gasteiger partial charge on any atom is -0.488 e. The molecule has 1 aliphatic carbocycles. The Morgan fingerprint density at radius 1 is 0.935 bits per heavy atom. The molecule has 3 aromatic rings. The van der Waals surface area contributed by atoms with Gasteiger partial charge in [0, 0.05) is 10.6 Å². The molecule has 31 heavy (non-hydrogen) atoms. The van der Waals surface area contributed by atoms with Gasteiger partial charge in [-0.1, -0.05) is 54.1 Å². The Kier molecular flexibility index (Phi) is 6.73. The molecule has 0 spiro atoms. The van der Waals surface area contributed by atoms with Gasteiger partial charge in [-0.2, -0.15) is 0 Å². The van der Waals surface area contributed by atoms with Gasteiger partial charge in [-0.05, 0) is 78.8 Å². The Morgan fingerprint density at radius 3 is 2.55 bits per heavy atom. The largest absolute Gasteiger partial charge is 0.488 e. The quantitative estimate of drug-likeness (QED) is 0.370. The number of carbonyl (C=O) groups is 1. The standard InChI is InChI=1S/C27H25ClO3/c1-2-30-27(29)21-11-6-10-20(16-21)23-12-7-13-24(23)25-17-22(28)14-15-26(25)31-18-19-8-4-3-5-9-19/h3-6,8-11,14-17H,2,7,12-13,18H2,1H3. The van der Waals surface area contributed by atoms with Crippen LogP contribution in [0, 0.1) is 0 Å². The summed E-state index contributed by atoms with van der Waals surface area (Å²) in [4.78, 5) is 12.2. The zero-order valence-electron chi connectivity index (χ0n) is 17.6. The third-order valence-corrected chi connectivity index (χ3v) is 5.68. The van der Waals surface area contributed by atoms with Crippen LogP contribution in [0.4, 0.5) is 0 Å². The lowest BCUT2D eigenvalue weighted by atomic mass is 9.95. The molecule has 0 radical (unpaired) electrons. The molecule has 0 saturated heterocycles. The van der Waals surface area contributed by atoms with E-state index in [2.05, 4.69) is 18.2 Å². The SMILES string of the molecule is CCOC(=O)c1cccc(C2=C(c3cc(Cl)ccc3OCc3ccccc3)CCC2)c1. The first-order valence-electron chi connectivity index (χ1n) is 10.6. The third-order valence-electron chi connectivity index (χ3n) is 5.44. The van der Waals surface area contributed by atoms with Gasteiger partial charge in [-0.3, -0.25) is 0 Å². The molecular formula is C27H25ClO3. The van der Waals surface area contributed by atoms with Gasteiger partial charge in [0.1, 0.15) is 12.4 Å². The van der Waals surface area contributed by atoms with Crippen molar-refractivity contribution < 1.29 is 14.3 Å². The summed E-state index contributed by atoms with van der Waals surface area (Å²) in [7, 11) is 0. The Bertz CT molecular complexity index is 1100. The second kappa shape index (κ2) is 9.84. The van der Waals surface area contributed by atoms with Gasteiger partial charge in [-0.15, -0.1) is 0 Å². The van der Waals surface area contributed by atoms with Crippen molar-refractivity contribution in [3.05, 3.63) is 100 Å². The van der Waals surface area contributed by atoms with E-state index in [9.17, 15) is 4.79 Å². The van der Waals surface area contributed by atoms with Crippen LogP contribution < -0.4 is 4.74 Å². The molecule has 1 aliphatic rings. The van der Waals surface area contributed by atoms with Crippen LogP contribution in [0.2, 0.25) is 5.02 Å². The molecule has 0 aliphatic heterocycles. The number of carbonyl (C=O) groups excluding carboxylic acids is 1. The van der Waals surface area contributed by atoms with E-state index >= 15 is 0 Å². The minimum absolute atomic E-state index is 0.292. The van der Waals surface area contributed by atoms with Crippen LogP contribution in [0.1, 0.15) is 53.2 Å². The first-order chi connectivity index (χ1) is 15.2. The Morgan fingerprint density at radius 2 is 1.74 bits per heavy atom. The highest BCUT2D eigenvalue weighted by Gasteiger charge is 2.22. The first-order valence-corrected chi connectivity index (χ1v) is 11.0. The molecule has 0 aromatic heterocycles. The molecule has 3 nitrogen and oxygen atoms in total. The van der Waals surface area contributed by atoms with E-state index in [0.717, 1.165) is 41.7 Å². The fourth-order valence-corrected chi connectivity index (χ4v) is 4.18. The second-order valence-electron chi connectivity index (χ2n) is 7.53. The van der Waals surface area contributed by atoms with Crippen molar-refractivity contribution in [1.82, 2.24) is 0 Å².